The first-order chi connectivity index (χ1) is 43.8. The Labute approximate surface area is 649 Å². The molecule has 0 bridgehead atoms. The quantitative estimate of drug-likeness (QED) is 0.0420. The summed E-state index contributed by atoms with van der Waals surface area (Å²) in [5.41, 5.74) is 0. The second-order valence-corrected chi connectivity index (χ2v) is 134. The van der Waals surface area contributed by atoms with Gasteiger partial charge < -0.3 is 66.2 Å². The Bertz CT molecular complexity index is 2130. The molecule has 0 saturated heterocycles. The van der Waals surface area contributed by atoms with Crippen molar-refractivity contribution in [1.82, 2.24) is 0 Å². The maximum absolute atomic E-state index is 8.33. The first-order valence-electron chi connectivity index (χ1n) is 38.5. The highest BCUT2D eigenvalue weighted by Gasteiger charge is 2.58. The van der Waals surface area contributed by atoms with Gasteiger partial charge in [-0.3, -0.25) is 0 Å². The van der Waals surface area contributed by atoms with Crippen molar-refractivity contribution in [3.8, 4) is 0 Å². The molecule has 0 unspecified atom stereocenters. The Morgan fingerprint density at radius 2 is 0.323 bits per heavy atom. The van der Waals surface area contributed by atoms with Crippen LogP contribution in [0.2, 0.25) is 364 Å². The standard InChI is InChI=1S/C58H168O16Si25/c1-59-88(23,24)53-56-98(69-93(33,34)51-45-79-64-89(25,26)47-41-75-60-81(2,3)4,70-94(35,36)52-46-80-65-90(27,28)48-42-76-61-82(5,6)7)73-96(39,40)55-58-99(71-91(29,30)49-43-77-62-83(8,9)10,72-92(31,32)50-44-78-63-84(11,12)13)74-95(37,38)54-57-97(66-85(14,15)16,67-86(17,18)19)68-87(20,21)22/h41-58,75-80H2,1-40H3. The number of rotatable bonds is 58. The zero-order valence-electron chi connectivity index (χ0n) is 73.0. The SMILES string of the molecule is CO[Si](C)(C)CC[Si](O[Si](C)(C)CC[SiH2]O[Si](C)(C)CC[SiH2]O[Si](C)(C)C)(O[Si](C)(C)CC[SiH2]O[Si](C)(C)CC[SiH2]O[Si](C)(C)C)O[Si](C)(C)CC[Si](O[Si](C)(C)CC[SiH2]O[Si](C)(C)C)(O[Si](C)(C)CC[SiH2]O[Si](C)(C)C)O[Si](C)(C)CC[Si](O[Si](C)(C)C)(O[Si](C)(C)C)O[Si](C)(C)C. The van der Waals surface area contributed by atoms with Gasteiger partial charge in [-0.2, -0.15) is 0 Å². The number of hydrogen-bond acceptors (Lipinski definition) is 16. The molecule has 0 atom stereocenters. The molecule has 596 valence electrons. The molecule has 0 rings (SSSR count). The van der Waals surface area contributed by atoms with Crippen LogP contribution in [0.3, 0.4) is 0 Å². The van der Waals surface area contributed by atoms with Gasteiger partial charge >= 0.3 is 26.4 Å². The predicted octanol–water partition coefficient (Wildman–Crippen LogP) is 17.4. The van der Waals surface area contributed by atoms with E-state index in [-0.39, 0.29) is 0 Å². The van der Waals surface area contributed by atoms with Crippen LogP contribution in [0.1, 0.15) is 0 Å². The van der Waals surface area contributed by atoms with E-state index in [4.69, 9.17) is 66.2 Å². The van der Waals surface area contributed by atoms with Crippen LogP contribution >= 0.6 is 0 Å². The van der Waals surface area contributed by atoms with Crippen molar-refractivity contribution < 1.29 is 66.2 Å². The molecule has 0 aliphatic carbocycles. The second-order valence-electron chi connectivity index (χ2n) is 41.0. The van der Waals surface area contributed by atoms with E-state index in [0.29, 0.717) is 6.04 Å². The lowest BCUT2D eigenvalue weighted by atomic mass is 10.9. The molecule has 0 saturated carbocycles. The average Bonchev–Trinajstić information content (AvgIpc) is 0.787. The van der Waals surface area contributed by atoms with Gasteiger partial charge in [-0.1, -0.05) is 0 Å². The molecule has 16 nitrogen and oxygen atoms in total. The fraction of sp³-hybridized carbons (Fsp3) is 1.00. The Morgan fingerprint density at radius 3 is 0.505 bits per heavy atom. The molecule has 0 spiro atoms. The van der Waals surface area contributed by atoms with Crippen LogP contribution < -0.4 is 0 Å². The van der Waals surface area contributed by atoms with Gasteiger partial charge in [0.15, 0.2) is 133 Å². The fourth-order valence-corrected chi connectivity index (χ4v) is 108. The zero-order valence-corrected chi connectivity index (χ0v) is 100. The third-order valence-electron chi connectivity index (χ3n) is 16.3. The minimum atomic E-state index is -3.63. The smallest absolute Gasteiger partial charge is 0.461 e. The van der Waals surface area contributed by atoms with Gasteiger partial charge in [0.1, 0.15) is 58.6 Å². The normalized spacial score (nSPS) is 17.0. The van der Waals surface area contributed by atoms with Crippen molar-refractivity contribution >= 4 is 218 Å². The van der Waals surface area contributed by atoms with Crippen molar-refractivity contribution in [2.24, 2.45) is 0 Å². The van der Waals surface area contributed by atoms with Gasteiger partial charge in [0, 0.05) is 25.2 Å². The molecule has 99 heavy (non-hydrogen) atoms. The van der Waals surface area contributed by atoms with E-state index in [2.05, 4.69) is 255 Å². The van der Waals surface area contributed by atoms with Crippen LogP contribution in [0.15, 0.2) is 0 Å². The summed E-state index contributed by atoms with van der Waals surface area (Å²) in [6.45, 7) is 92.3. The van der Waals surface area contributed by atoms with Crippen LogP contribution in [0, 0.1) is 0 Å². The molecule has 0 amide bonds. The summed E-state index contributed by atoms with van der Waals surface area (Å²) in [6, 6.07) is 17.9. The molecule has 0 aromatic rings. The van der Waals surface area contributed by atoms with Crippen LogP contribution in [0.5, 0.6) is 0 Å². The monoisotopic (exact) mass is 1820 g/mol. The van der Waals surface area contributed by atoms with E-state index in [1.165, 1.54) is 24.2 Å². The lowest BCUT2D eigenvalue weighted by molar-refractivity contribution is 0.237. The van der Waals surface area contributed by atoms with Gasteiger partial charge in [-0.05, 0) is 346 Å². The van der Waals surface area contributed by atoms with E-state index in [1.807, 2.05) is 7.11 Å². The number of hydrogen-bond donors (Lipinski definition) is 0. The summed E-state index contributed by atoms with van der Waals surface area (Å²) in [4.78, 5) is 0. The Hall–Kier alpha value is 4.78. The average molecular weight is 1820 g/mol. The molecule has 0 radical (unpaired) electrons. The Balaban J connectivity index is 8.55. The van der Waals surface area contributed by atoms with E-state index in [1.54, 1.807) is 0 Å². The van der Waals surface area contributed by atoms with Crippen LogP contribution in [0.25, 0.3) is 0 Å². The highest BCUT2D eigenvalue weighted by molar-refractivity contribution is 6.96. The van der Waals surface area contributed by atoms with Crippen molar-refractivity contribution in [2.75, 3.05) is 7.11 Å². The van der Waals surface area contributed by atoms with Crippen LogP contribution in [0.4, 0.5) is 0 Å². The summed E-state index contributed by atoms with van der Waals surface area (Å²) < 4.78 is 118. The third kappa shape index (κ3) is 55.8. The summed E-state index contributed by atoms with van der Waals surface area (Å²) >= 11 is 0. The molecule has 0 fully saturated rings. The maximum Gasteiger partial charge on any atom is 0.469 e. The van der Waals surface area contributed by atoms with Crippen molar-refractivity contribution in [3.63, 3.8) is 0 Å². The second kappa shape index (κ2) is 42.2. The summed E-state index contributed by atoms with van der Waals surface area (Å²) in [5, 5.41) is 0. The molecule has 0 N–H and O–H groups in total. The van der Waals surface area contributed by atoms with E-state index in [9.17, 15) is 0 Å². The largest absolute Gasteiger partial charge is 0.469 e. The highest BCUT2D eigenvalue weighted by Crippen LogP contribution is 2.42. The molecular formula is C58H168O16Si25. The van der Waals surface area contributed by atoms with Crippen molar-refractivity contribution in [2.45, 2.75) is 364 Å². The fourth-order valence-electron chi connectivity index (χ4n) is 11.7. The molecule has 0 aliphatic heterocycles. The van der Waals surface area contributed by atoms with Gasteiger partial charge in [-0.15, -0.1) is 0 Å². The first-order valence-corrected chi connectivity index (χ1v) is 106. The molecule has 0 aromatic carbocycles. The summed E-state index contributed by atoms with van der Waals surface area (Å²) in [7, 11) is -46.6. The van der Waals surface area contributed by atoms with Gasteiger partial charge in [0.05, 0.1) is 0 Å². The minimum absolute atomic E-state index is 0.521. The van der Waals surface area contributed by atoms with E-state index >= 15 is 0 Å². The van der Waals surface area contributed by atoms with Crippen LogP contribution in [-0.2, 0) is 66.2 Å². The van der Waals surface area contributed by atoms with Gasteiger partial charge in [0.25, 0.3) is 0 Å². The highest BCUT2D eigenvalue weighted by atomic mass is 28.5. The Morgan fingerprint density at radius 1 is 0.162 bits per heavy atom. The van der Waals surface area contributed by atoms with E-state index in [0.717, 1.165) is 78.6 Å². The third-order valence-corrected chi connectivity index (χ3v) is 100. The first kappa shape index (κ1) is 104. The van der Waals surface area contributed by atoms with E-state index < -0.39 is 218 Å². The van der Waals surface area contributed by atoms with Gasteiger partial charge in [0.2, 0.25) is 0 Å². The Kier molecular flexibility index (Phi) is 44.3. The molecule has 0 heterocycles. The van der Waals surface area contributed by atoms with Crippen LogP contribution in [-0.4, -0.2) is 225 Å². The van der Waals surface area contributed by atoms with Gasteiger partial charge in [-0.25, -0.2) is 0 Å². The van der Waals surface area contributed by atoms with Crippen molar-refractivity contribution in [3.05, 3.63) is 0 Å². The predicted molar refractivity (Wildman–Crippen MR) is 499 cm³/mol. The maximum atomic E-state index is 8.33. The molecule has 41 heteroatoms. The van der Waals surface area contributed by atoms with Crippen molar-refractivity contribution in [1.29, 1.82) is 0 Å². The minimum Gasteiger partial charge on any atom is -0.461 e. The lowest BCUT2D eigenvalue weighted by Gasteiger charge is -2.48. The molecule has 0 aliphatic rings. The molecular weight excluding hydrogens is 1650 g/mol. The summed E-state index contributed by atoms with van der Waals surface area (Å²) in [6.07, 6.45) is 0. The summed E-state index contributed by atoms with van der Waals surface area (Å²) in [5.74, 6) is 0. The zero-order chi connectivity index (χ0) is 77.8. The molecule has 0 aromatic heterocycles. The topological polar surface area (TPSA) is 148 Å². The lowest BCUT2D eigenvalue weighted by Crippen LogP contribution is -2.64.